The Bertz CT molecular complexity index is 594. The lowest BCUT2D eigenvalue weighted by Crippen LogP contribution is -2.17. The average Bonchev–Trinajstić information content (AvgIpc) is 2.46. The maximum Gasteiger partial charge on any atom is 0.251 e. The molecule has 0 bridgehead atoms. The van der Waals surface area contributed by atoms with Gasteiger partial charge in [0.25, 0.3) is 5.91 Å². The van der Waals surface area contributed by atoms with E-state index in [1.54, 1.807) is 44.4 Å². The lowest BCUT2D eigenvalue weighted by molar-refractivity contribution is 0.0963. The normalized spacial score (nSPS) is 10.1. The monoisotopic (exact) mass is 258 g/mol. The molecular weight excluding hydrogens is 243 g/mol. The first-order valence-corrected chi connectivity index (χ1v) is 5.95. The van der Waals surface area contributed by atoms with E-state index in [4.69, 9.17) is 0 Å². The molecule has 2 N–H and O–H groups in total. The van der Waals surface area contributed by atoms with Gasteiger partial charge in [0.15, 0.2) is 0 Å². The van der Waals surface area contributed by atoms with Crippen molar-refractivity contribution in [1.82, 2.24) is 5.32 Å². The third-order valence-electron chi connectivity index (χ3n) is 2.95. The molecule has 0 spiro atoms. The van der Waals surface area contributed by atoms with Crippen LogP contribution in [0.5, 0.6) is 0 Å². The van der Waals surface area contributed by atoms with Crippen molar-refractivity contribution in [2.75, 3.05) is 19.4 Å². The minimum absolute atomic E-state index is 0.136. The van der Waals surface area contributed by atoms with E-state index in [2.05, 4.69) is 10.6 Å². The largest absolute Gasteiger partial charge is 0.386 e. The minimum Gasteiger partial charge on any atom is -0.386 e. The third kappa shape index (κ3) is 2.73. The van der Waals surface area contributed by atoms with E-state index in [0.29, 0.717) is 11.3 Å². The Morgan fingerprint density at radius 2 is 1.63 bits per heavy atom. The van der Waals surface area contributed by atoms with Crippen LogP contribution in [0.25, 0.3) is 11.1 Å². The maximum absolute atomic E-state index is 13.7. The molecule has 4 heteroatoms. The highest BCUT2D eigenvalue weighted by molar-refractivity contribution is 5.94. The van der Waals surface area contributed by atoms with E-state index in [1.165, 1.54) is 6.07 Å². The van der Waals surface area contributed by atoms with Crippen LogP contribution in [0.15, 0.2) is 42.5 Å². The fraction of sp³-hybridized carbons (Fsp3) is 0.133. The van der Waals surface area contributed by atoms with Gasteiger partial charge in [-0.1, -0.05) is 18.2 Å². The van der Waals surface area contributed by atoms with E-state index in [-0.39, 0.29) is 11.7 Å². The van der Waals surface area contributed by atoms with Crippen LogP contribution in [0.3, 0.4) is 0 Å². The van der Waals surface area contributed by atoms with Gasteiger partial charge in [-0.25, -0.2) is 4.39 Å². The van der Waals surface area contributed by atoms with E-state index in [1.807, 2.05) is 6.07 Å². The second-order valence-corrected chi connectivity index (χ2v) is 4.10. The van der Waals surface area contributed by atoms with E-state index in [0.717, 1.165) is 11.1 Å². The molecule has 2 rings (SSSR count). The fourth-order valence-corrected chi connectivity index (χ4v) is 1.86. The van der Waals surface area contributed by atoms with E-state index >= 15 is 0 Å². The molecule has 0 fully saturated rings. The lowest BCUT2D eigenvalue weighted by atomic mass is 10.0. The van der Waals surface area contributed by atoms with Crippen molar-refractivity contribution < 1.29 is 9.18 Å². The van der Waals surface area contributed by atoms with Gasteiger partial charge >= 0.3 is 0 Å². The molecule has 1 amide bonds. The molecule has 19 heavy (non-hydrogen) atoms. The summed E-state index contributed by atoms with van der Waals surface area (Å²) >= 11 is 0. The topological polar surface area (TPSA) is 41.1 Å². The van der Waals surface area contributed by atoms with Gasteiger partial charge in [0, 0.05) is 19.7 Å². The molecular formula is C15H15FN2O. The first kappa shape index (κ1) is 13.1. The summed E-state index contributed by atoms with van der Waals surface area (Å²) in [4.78, 5) is 11.4. The number of anilines is 1. The molecule has 2 aromatic rings. The van der Waals surface area contributed by atoms with Gasteiger partial charge < -0.3 is 10.6 Å². The molecule has 3 nitrogen and oxygen atoms in total. The van der Waals surface area contributed by atoms with Crippen molar-refractivity contribution in [1.29, 1.82) is 0 Å². The molecule has 0 unspecified atom stereocenters. The third-order valence-corrected chi connectivity index (χ3v) is 2.95. The maximum atomic E-state index is 13.7. The molecule has 98 valence electrons. The number of benzene rings is 2. The number of nitrogens with one attached hydrogen (secondary N) is 2. The minimum atomic E-state index is -0.296. The van der Waals surface area contributed by atoms with Crippen LogP contribution in [-0.2, 0) is 0 Å². The van der Waals surface area contributed by atoms with Crippen molar-refractivity contribution in [3.63, 3.8) is 0 Å². The first-order valence-electron chi connectivity index (χ1n) is 5.95. The standard InChI is InChI=1S/C15H15FN2O/c1-17-14-8-7-12(9-13(14)16)10-3-5-11(6-4-10)15(19)18-2/h3-9,17H,1-2H3,(H,18,19). The number of hydrogen-bond donors (Lipinski definition) is 2. The molecule has 0 aliphatic rings. The van der Waals surface area contributed by atoms with Crippen LogP contribution >= 0.6 is 0 Å². The number of rotatable bonds is 3. The molecule has 0 aromatic heterocycles. The predicted octanol–water partition coefficient (Wildman–Crippen LogP) is 2.89. The Morgan fingerprint density at radius 3 is 2.16 bits per heavy atom. The van der Waals surface area contributed by atoms with Gasteiger partial charge in [-0.15, -0.1) is 0 Å². The van der Waals surface area contributed by atoms with Gasteiger partial charge in [-0.3, -0.25) is 4.79 Å². The zero-order chi connectivity index (χ0) is 13.8. The van der Waals surface area contributed by atoms with Gasteiger partial charge in [0.2, 0.25) is 0 Å². The van der Waals surface area contributed by atoms with Crippen molar-refractivity contribution in [3.05, 3.63) is 53.8 Å². The average molecular weight is 258 g/mol. The number of halogens is 1. The first-order chi connectivity index (χ1) is 9.15. The molecule has 2 aromatic carbocycles. The summed E-state index contributed by atoms with van der Waals surface area (Å²) in [6.45, 7) is 0. The second-order valence-electron chi connectivity index (χ2n) is 4.10. The van der Waals surface area contributed by atoms with E-state index in [9.17, 15) is 9.18 Å². The van der Waals surface area contributed by atoms with Crippen molar-refractivity contribution in [3.8, 4) is 11.1 Å². The van der Waals surface area contributed by atoms with Crippen molar-refractivity contribution >= 4 is 11.6 Å². The summed E-state index contributed by atoms with van der Waals surface area (Å²) in [5, 5.41) is 5.34. The highest BCUT2D eigenvalue weighted by atomic mass is 19.1. The fourth-order valence-electron chi connectivity index (χ4n) is 1.86. The quantitative estimate of drug-likeness (QED) is 0.888. The predicted molar refractivity (Wildman–Crippen MR) is 74.8 cm³/mol. The zero-order valence-corrected chi connectivity index (χ0v) is 10.8. The van der Waals surface area contributed by atoms with Crippen LogP contribution < -0.4 is 10.6 Å². The summed E-state index contributed by atoms with van der Waals surface area (Å²) in [7, 11) is 3.26. The zero-order valence-electron chi connectivity index (χ0n) is 10.8. The Labute approximate surface area is 111 Å². The smallest absolute Gasteiger partial charge is 0.251 e. The van der Waals surface area contributed by atoms with Gasteiger partial charge in [-0.2, -0.15) is 0 Å². The molecule has 0 radical (unpaired) electrons. The van der Waals surface area contributed by atoms with Crippen molar-refractivity contribution in [2.45, 2.75) is 0 Å². The summed E-state index contributed by atoms with van der Waals surface area (Å²) in [6, 6.07) is 12.1. The molecule has 0 atom stereocenters. The number of hydrogen-bond acceptors (Lipinski definition) is 2. The Kier molecular flexibility index (Phi) is 3.80. The van der Waals surface area contributed by atoms with Gasteiger partial charge in [0.1, 0.15) is 5.82 Å². The molecule has 0 aliphatic carbocycles. The highest BCUT2D eigenvalue weighted by Gasteiger charge is 2.06. The number of carbonyl (C=O) groups is 1. The molecule has 0 heterocycles. The summed E-state index contributed by atoms with van der Waals surface area (Å²) in [5.74, 6) is -0.432. The van der Waals surface area contributed by atoms with Crippen LogP contribution in [-0.4, -0.2) is 20.0 Å². The summed E-state index contributed by atoms with van der Waals surface area (Å²) in [6.07, 6.45) is 0. The highest BCUT2D eigenvalue weighted by Crippen LogP contribution is 2.24. The summed E-state index contributed by atoms with van der Waals surface area (Å²) < 4.78 is 13.7. The lowest BCUT2D eigenvalue weighted by Gasteiger charge is -2.07. The molecule has 0 saturated heterocycles. The molecule has 0 aliphatic heterocycles. The van der Waals surface area contributed by atoms with Crippen LogP contribution in [0, 0.1) is 5.82 Å². The van der Waals surface area contributed by atoms with Gasteiger partial charge in [0.05, 0.1) is 5.69 Å². The Hall–Kier alpha value is -2.36. The van der Waals surface area contributed by atoms with Crippen LogP contribution in [0.2, 0.25) is 0 Å². The Balaban J connectivity index is 2.32. The van der Waals surface area contributed by atoms with E-state index < -0.39 is 0 Å². The van der Waals surface area contributed by atoms with Crippen molar-refractivity contribution in [2.24, 2.45) is 0 Å². The second kappa shape index (κ2) is 5.52. The van der Waals surface area contributed by atoms with Crippen LogP contribution in [0.4, 0.5) is 10.1 Å². The number of carbonyl (C=O) groups excluding carboxylic acids is 1. The van der Waals surface area contributed by atoms with Gasteiger partial charge in [-0.05, 0) is 35.4 Å². The van der Waals surface area contributed by atoms with Crippen LogP contribution in [0.1, 0.15) is 10.4 Å². The molecule has 0 saturated carbocycles. The SMILES string of the molecule is CNC(=O)c1ccc(-c2ccc(NC)c(F)c2)cc1. The number of amides is 1. The summed E-state index contributed by atoms with van der Waals surface area (Å²) in [5.41, 5.74) is 2.69. The Morgan fingerprint density at radius 1 is 1.00 bits per heavy atom.